The van der Waals surface area contributed by atoms with Crippen LogP contribution < -0.4 is 0 Å². The highest BCUT2D eigenvalue weighted by atomic mass is 35.5. The molecule has 0 bridgehead atoms. The number of halogens is 1. The maximum Gasteiger partial charge on any atom is 0.305 e. The van der Waals surface area contributed by atoms with E-state index >= 15 is 0 Å². The Balaban J connectivity index is 2.11. The number of aliphatic hydroxyl groups is 1. The van der Waals surface area contributed by atoms with E-state index in [4.69, 9.17) is 16.7 Å². The van der Waals surface area contributed by atoms with Gasteiger partial charge in [-0.3, -0.25) is 4.79 Å². The minimum absolute atomic E-state index is 0.244. The average Bonchev–Trinajstić information content (AvgIpc) is 2.39. The van der Waals surface area contributed by atoms with Gasteiger partial charge in [0.2, 0.25) is 0 Å². The first kappa shape index (κ1) is 14.6. The molecule has 0 saturated heterocycles. The Kier molecular flexibility index (Phi) is 4.77. The Morgan fingerprint density at radius 1 is 1.10 bits per heavy atom. The van der Waals surface area contributed by atoms with Crippen LogP contribution in [0.1, 0.15) is 12.0 Å². The summed E-state index contributed by atoms with van der Waals surface area (Å²) < 4.78 is 0. The van der Waals surface area contributed by atoms with Crippen molar-refractivity contribution in [2.75, 3.05) is 0 Å². The van der Waals surface area contributed by atoms with Crippen molar-refractivity contribution in [2.45, 2.75) is 18.9 Å². The summed E-state index contributed by atoms with van der Waals surface area (Å²) in [6, 6.07) is 15.2. The molecule has 3 nitrogen and oxygen atoms in total. The SMILES string of the molecule is O=C(O)C[C@H](O)Cc1ccc(-c2ccccc2Cl)cc1. The molecular formula is C16H15ClO3. The summed E-state index contributed by atoms with van der Waals surface area (Å²) in [7, 11) is 0. The number of aliphatic carboxylic acids is 1. The number of hydrogen-bond acceptors (Lipinski definition) is 2. The van der Waals surface area contributed by atoms with Gasteiger partial charge in [-0.15, -0.1) is 0 Å². The lowest BCUT2D eigenvalue weighted by atomic mass is 10.0. The third kappa shape index (κ3) is 3.83. The van der Waals surface area contributed by atoms with E-state index in [2.05, 4.69) is 0 Å². The molecule has 2 N–H and O–H groups in total. The van der Waals surface area contributed by atoms with Crippen molar-refractivity contribution in [3.63, 3.8) is 0 Å². The lowest BCUT2D eigenvalue weighted by Crippen LogP contribution is -2.15. The number of benzene rings is 2. The van der Waals surface area contributed by atoms with Crippen LogP contribution in [0.2, 0.25) is 5.02 Å². The first-order valence-corrected chi connectivity index (χ1v) is 6.68. The van der Waals surface area contributed by atoms with Gasteiger partial charge in [-0.1, -0.05) is 54.1 Å². The molecule has 4 heteroatoms. The third-order valence-electron chi connectivity index (χ3n) is 3.02. The lowest BCUT2D eigenvalue weighted by molar-refractivity contribution is -0.139. The molecule has 0 aliphatic rings. The van der Waals surface area contributed by atoms with Gasteiger partial charge in [-0.05, 0) is 23.6 Å². The van der Waals surface area contributed by atoms with Crippen molar-refractivity contribution in [3.05, 3.63) is 59.1 Å². The molecule has 0 fully saturated rings. The van der Waals surface area contributed by atoms with Gasteiger partial charge < -0.3 is 10.2 Å². The zero-order valence-electron chi connectivity index (χ0n) is 10.8. The second kappa shape index (κ2) is 6.55. The van der Waals surface area contributed by atoms with Crippen molar-refractivity contribution in [3.8, 4) is 11.1 Å². The number of aliphatic hydroxyl groups excluding tert-OH is 1. The molecule has 1 atom stereocenters. The quantitative estimate of drug-likeness (QED) is 0.887. The van der Waals surface area contributed by atoms with E-state index in [1.54, 1.807) is 0 Å². The second-order valence-corrected chi connectivity index (χ2v) is 5.04. The predicted octanol–water partition coefficient (Wildman–Crippen LogP) is 3.39. The van der Waals surface area contributed by atoms with Gasteiger partial charge in [0.15, 0.2) is 0 Å². The van der Waals surface area contributed by atoms with Crippen LogP contribution in [-0.4, -0.2) is 22.3 Å². The van der Waals surface area contributed by atoms with Gasteiger partial charge >= 0.3 is 5.97 Å². The van der Waals surface area contributed by atoms with Crippen LogP contribution in [0.15, 0.2) is 48.5 Å². The maximum absolute atomic E-state index is 10.5. The zero-order chi connectivity index (χ0) is 14.5. The summed E-state index contributed by atoms with van der Waals surface area (Å²) in [5.74, 6) is -0.995. The van der Waals surface area contributed by atoms with Crippen LogP contribution in [0.3, 0.4) is 0 Å². The monoisotopic (exact) mass is 290 g/mol. The molecule has 0 aliphatic heterocycles. The van der Waals surface area contributed by atoms with E-state index in [0.717, 1.165) is 16.7 Å². The van der Waals surface area contributed by atoms with E-state index in [9.17, 15) is 9.90 Å². The largest absolute Gasteiger partial charge is 0.481 e. The van der Waals surface area contributed by atoms with Gasteiger partial charge in [0.25, 0.3) is 0 Å². The van der Waals surface area contributed by atoms with Crippen molar-refractivity contribution in [1.29, 1.82) is 0 Å². The summed E-state index contributed by atoms with van der Waals surface area (Å²) >= 11 is 6.13. The van der Waals surface area contributed by atoms with Gasteiger partial charge in [-0.25, -0.2) is 0 Å². The fourth-order valence-electron chi connectivity index (χ4n) is 2.06. The van der Waals surface area contributed by atoms with Crippen LogP contribution in [0.5, 0.6) is 0 Å². The molecule has 0 aromatic heterocycles. The molecule has 0 saturated carbocycles. The number of carboxylic acid groups (broad SMARTS) is 1. The molecule has 104 valence electrons. The van der Waals surface area contributed by atoms with E-state index < -0.39 is 12.1 Å². The number of hydrogen-bond donors (Lipinski definition) is 2. The van der Waals surface area contributed by atoms with Crippen molar-refractivity contribution >= 4 is 17.6 Å². The lowest BCUT2D eigenvalue weighted by Gasteiger charge is -2.09. The molecule has 0 heterocycles. The molecule has 2 aromatic rings. The topological polar surface area (TPSA) is 57.5 Å². The van der Waals surface area contributed by atoms with Crippen LogP contribution in [0.4, 0.5) is 0 Å². The second-order valence-electron chi connectivity index (χ2n) is 4.63. The van der Waals surface area contributed by atoms with E-state index in [1.165, 1.54) is 0 Å². The van der Waals surface area contributed by atoms with Crippen LogP contribution in [-0.2, 0) is 11.2 Å². The van der Waals surface area contributed by atoms with Crippen LogP contribution in [0, 0.1) is 0 Å². The molecule has 0 unspecified atom stereocenters. The summed E-state index contributed by atoms with van der Waals surface area (Å²) in [6.45, 7) is 0. The van der Waals surface area contributed by atoms with E-state index in [0.29, 0.717) is 11.4 Å². The Morgan fingerprint density at radius 3 is 2.35 bits per heavy atom. The average molecular weight is 291 g/mol. The Morgan fingerprint density at radius 2 is 1.75 bits per heavy atom. The normalized spacial score (nSPS) is 12.1. The molecule has 20 heavy (non-hydrogen) atoms. The minimum Gasteiger partial charge on any atom is -0.481 e. The zero-order valence-corrected chi connectivity index (χ0v) is 11.5. The van der Waals surface area contributed by atoms with E-state index in [1.807, 2.05) is 48.5 Å². The highest BCUT2D eigenvalue weighted by molar-refractivity contribution is 6.33. The molecule has 0 aliphatic carbocycles. The Bertz CT molecular complexity index is 593. The summed E-state index contributed by atoms with van der Waals surface area (Å²) in [4.78, 5) is 10.5. The summed E-state index contributed by atoms with van der Waals surface area (Å²) in [5.41, 5.74) is 2.84. The fourth-order valence-corrected chi connectivity index (χ4v) is 2.31. The molecule has 0 amide bonds. The molecular weight excluding hydrogens is 276 g/mol. The van der Waals surface area contributed by atoms with Crippen molar-refractivity contribution in [2.24, 2.45) is 0 Å². The first-order valence-electron chi connectivity index (χ1n) is 6.30. The molecule has 0 spiro atoms. The predicted molar refractivity (Wildman–Crippen MR) is 78.9 cm³/mol. The highest BCUT2D eigenvalue weighted by Crippen LogP contribution is 2.27. The summed E-state index contributed by atoms with van der Waals surface area (Å²) in [6.07, 6.45) is -0.778. The number of rotatable bonds is 5. The molecule has 2 rings (SSSR count). The van der Waals surface area contributed by atoms with Crippen LogP contribution in [0.25, 0.3) is 11.1 Å². The minimum atomic E-state index is -0.995. The van der Waals surface area contributed by atoms with Crippen molar-refractivity contribution in [1.82, 2.24) is 0 Å². The van der Waals surface area contributed by atoms with Crippen LogP contribution >= 0.6 is 11.6 Å². The number of carboxylic acids is 1. The molecule has 2 aromatic carbocycles. The highest BCUT2D eigenvalue weighted by Gasteiger charge is 2.10. The number of carbonyl (C=O) groups is 1. The Hall–Kier alpha value is -1.84. The smallest absolute Gasteiger partial charge is 0.305 e. The standard InChI is InChI=1S/C16H15ClO3/c17-15-4-2-1-3-14(15)12-7-5-11(6-8-12)9-13(18)10-16(19)20/h1-8,13,18H,9-10H2,(H,19,20)/t13-/m1/s1. The van der Waals surface area contributed by atoms with Gasteiger partial charge in [0, 0.05) is 10.6 Å². The fraction of sp³-hybridized carbons (Fsp3) is 0.188. The van der Waals surface area contributed by atoms with Crippen molar-refractivity contribution < 1.29 is 15.0 Å². The Labute approximate surface area is 122 Å². The van der Waals surface area contributed by atoms with E-state index in [-0.39, 0.29) is 6.42 Å². The first-order chi connectivity index (χ1) is 9.56. The third-order valence-corrected chi connectivity index (χ3v) is 3.35. The van der Waals surface area contributed by atoms with Gasteiger partial charge in [0.1, 0.15) is 0 Å². The van der Waals surface area contributed by atoms with Gasteiger partial charge in [0.05, 0.1) is 12.5 Å². The molecule has 0 radical (unpaired) electrons. The summed E-state index contributed by atoms with van der Waals surface area (Å²) in [5, 5.41) is 18.9. The maximum atomic E-state index is 10.5. The van der Waals surface area contributed by atoms with Gasteiger partial charge in [-0.2, -0.15) is 0 Å².